The van der Waals surface area contributed by atoms with Crippen molar-refractivity contribution in [2.45, 2.75) is 0 Å². The highest BCUT2D eigenvalue weighted by Crippen LogP contribution is 2.19. The Morgan fingerprint density at radius 2 is 1.36 bits per heavy atom. The smallest absolute Gasteiger partial charge is 0.0393 e. The SMILES string of the molecule is Cl.Cl.N.Nc1cccc2ccccc12. The van der Waals surface area contributed by atoms with Gasteiger partial charge in [0, 0.05) is 11.1 Å². The predicted octanol–water partition coefficient (Wildman–Crippen LogP) is 3.43. The Morgan fingerprint density at radius 1 is 0.786 bits per heavy atom. The van der Waals surface area contributed by atoms with Gasteiger partial charge in [-0.15, -0.1) is 24.8 Å². The number of hydrogen-bond donors (Lipinski definition) is 2. The first kappa shape index (κ1) is 15.5. The van der Waals surface area contributed by atoms with Gasteiger partial charge in [-0.1, -0.05) is 36.4 Å². The molecule has 0 spiro atoms. The van der Waals surface area contributed by atoms with Crippen molar-refractivity contribution in [2.24, 2.45) is 0 Å². The summed E-state index contributed by atoms with van der Waals surface area (Å²) < 4.78 is 0. The summed E-state index contributed by atoms with van der Waals surface area (Å²) in [5, 5.41) is 2.34. The molecular formula is C10H14Cl2N2. The summed E-state index contributed by atoms with van der Waals surface area (Å²) in [7, 11) is 0. The highest BCUT2D eigenvalue weighted by Gasteiger charge is 1.92. The van der Waals surface area contributed by atoms with Crippen molar-refractivity contribution < 1.29 is 0 Å². The van der Waals surface area contributed by atoms with Gasteiger partial charge in [0.1, 0.15) is 0 Å². The Labute approximate surface area is 95.9 Å². The van der Waals surface area contributed by atoms with E-state index in [1.165, 1.54) is 5.39 Å². The quantitative estimate of drug-likeness (QED) is 0.684. The molecular weight excluding hydrogens is 219 g/mol. The van der Waals surface area contributed by atoms with Crippen LogP contribution in [0.1, 0.15) is 0 Å². The molecule has 0 radical (unpaired) electrons. The second-order valence-corrected chi connectivity index (χ2v) is 2.57. The fourth-order valence-corrected chi connectivity index (χ4v) is 1.25. The van der Waals surface area contributed by atoms with Crippen LogP contribution < -0.4 is 11.9 Å². The minimum Gasteiger partial charge on any atom is -0.398 e. The number of halogens is 2. The van der Waals surface area contributed by atoms with Gasteiger partial charge < -0.3 is 11.9 Å². The summed E-state index contributed by atoms with van der Waals surface area (Å²) in [6, 6.07) is 14.1. The van der Waals surface area contributed by atoms with Crippen LogP contribution in [0.4, 0.5) is 5.69 Å². The minimum atomic E-state index is 0. The zero-order valence-corrected chi connectivity index (χ0v) is 9.28. The number of rotatable bonds is 0. The molecule has 0 amide bonds. The van der Waals surface area contributed by atoms with Gasteiger partial charge in [-0.25, -0.2) is 0 Å². The molecule has 0 aromatic heterocycles. The Morgan fingerprint density at radius 3 is 2.00 bits per heavy atom. The second kappa shape index (κ2) is 6.49. The van der Waals surface area contributed by atoms with Gasteiger partial charge in [0.15, 0.2) is 0 Å². The number of benzene rings is 2. The lowest BCUT2D eigenvalue weighted by atomic mass is 10.1. The topological polar surface area (TPSA) is 61.0 Å². The van der Waals surface area contributed by atoms with E-state index >= 15 is 0 Å². The van der Waals surface area contributed by atoms with Crippen LogP contribution in [0.2, 0.25) is 0 Å². The molecule has 78 valence electrons. The third kappa shape index (κ3) is 2.77. The van der Waals surface area contributed by atoms with Crippen LogP contribution in [0, 0.1) is 0 Å². The van der Waals surface area contributed by atoms with Gasteiger partial charge in [-0.3, -0.25) is 0 Å². The molecule has 2 aromatic carbocycles. The first-order chi connectivity index (χ1) is 5.38. The van der Waals surface area contributed by atoms with Gasteiger partial charge in [0.2, 0.25) is 0 Å². The molecule has 14 heavy (non-hydrogen) atoms. The molecule has 4 heteroatoms. The maximum Gasteiger partial charge on any atom is 0.0393 e. The second-order valence-electron chi connectivity index (χ2n) is 2.57. The van der Waals surface area contributed by atoms with Crippen LogP contribution in [0.5, 0.6) is 0 Å². The van der Waals surface area contributed by atoms with E-state index in [4.69, 9.17) is 5.73 Å². The van der Waals surface area contributed by atoms with Crippen LogP contribution in [-0.2, 0) is 0 Å². The fraction of sp³-hybridized carbons (Fsp3) is 0. The molecule has 2 aromatic rings. The van der Waals surface area contributed by atoms with Gasteiger partial charge in [0.25, 0.3) is 0 Å². The van der Waals surface area contributed by atoms with Gasteiger partial charge in [-0.05, 0) is 11.5 Å². The maximum absolute atomic E-state index is 5.76. The van der Waals surface area contributed by atoms with E-state index in [1.807, 2.05) is 30.3 Å². The van der Waals surface area contributed by atoms with Crippen molar-refractivity contribution in [2.75, 3.05) is 5.73 Å². The number of nitrogens with two attached hydrogens (primary N) is 1. The van der Waals surface area contributed by atoms with Crippen LogP contribution in [-0.4, -0.2) is 0 Å². The van der Waals surface area contributed by atoms with Gasteiger partial charge in [-0.2, -0.15) is 0 Å². The van der Waals surface area contributed by atoms with E-state index < -0.39 is 0 Å². The molecule has 0 atom stereocenters. The van der Waals surface area contributed by atoms with E-state index in [0.717, 1.165) is 11.1 Å². The van der Waals surface area contributed by atoms with Crippen molar-refractivity contribution in [3.63, 3.8) is 0 Å². The number of fused-ring (bicyclic) bond motifs is 1. The lowest BCUT2D eigenvalue weighted by molar-refractivity contribution is 1.73. The molecule has 0 heterocycles. The van der Waals surface area contributed by atoms with Crippen molar-refractivity contribution in [3.8, 4) is 0 Å². The summed E-state index contributed by atoms with van der Waals surface area (Å²) in [6.45, 7) is 0. The lowest BCUT2D eigenvalue weighted by Gasteiger charge is -1.98. The van der Waals surface area contributed by atoms with Gasteiger partial charge in [0.05, 0.1) is 0 Å². The summed E-state index contributed by atoms with van der Waals surface area (Å²) in [4.78, 5) is 0. The molecule has 0 saturated heterocycles. The van der Waals surface area contributed by atoms with E-state index in [9.17, 15) is 0 Å². The average Bonchev–Trinajstić information content (AvgIpc) is 2.06. The van der Waals surface area contributed by atoms with Crippen LogP contribution >= 0.6 is 24.8 Å². The summed E-state index contributed by atoms with van der Waals surface area (Å²) in [5.41, 5.74) is 6.61. The van der Waals surface area contributed by atoms with Gasteiger partial charge >= 0.3 is 0 Å². The molecule has 2 rings (SSSR count). The summed E-state index contributed by atoms with van der Waals surface area (Å²) in [5.74, 6) is 0. The van der Waals surface area contributed by atoms with E-state index in [1.54, 1.807) is 0 Å². The van der Waals surface area contributed by atoms with Crippen molar-refractivity contribution >= 4 is 41.3 Å². The summed E-state index contributed by atoms with van der Waals surface area (Å²) in [6.07, 6.45) is 0. The van der Waals surface area contributed by atoms with Crippen molar-refractivity contribution in [1.82, 2.24) is 6.15 Å². The molecule has 0 aliphatic heterocycles. The Bertz CT molecular complexity index is 385. The van der Waals surface area contributed by atoms with Crippen LogP contribution in [0.3, 0.4) is 0 Å². The molecule has 0 bridgehead atoms. The largest absolute Gasteiger partial charge is 0.398 e. The maximum atomic E-state index is 5.76. The normalized spacial score (nSPS) is 8.00. The Hall–Kier alpha value is -0.960. The van der Waals surface area contributed by atoms with Crippen LogP contribution in [0.25, 0.3) is 10.8 Å². The lowest BCUT2D eigenvalue weighted by Crippen LogP contribution is -1.84. The number of nitrogen functional groups attached to an aromatic ring is 1. The Balaban J connectivity index is 0. The summed E-state index contributed by atoms with van der Waals surface area (Å²) >= 11 is 0. The van der Waals surface area contributed by atoms with Crippen molar-refractivity contribution in [3.05, 3.63) is 42.5 Å². The third-order valence-corrected chi connectivity index (χ3v) is 1.82. The molecule has 2 nitrogen and oxygen atoms in total. The highest BCUT2D eigenvalue weighted by molar-refractivity contribution is 5.92. The van der Waals surface area contributed by atoms with E-state index in [-0.39, 0.29) is 31.0 Å². The molecule has 0 aliphatic carbocycles. The van der Waals surface area contributed by atoms with Crippen LogP contribution in [0.15, 0.2) is 42.5 Å². The average molecular weight is 233 g/mol. The molecule has 0 saturated carbocycles. The monoisotopic (exact) mass is 232 g/mol. The Kier molecular flexibility index (Phi) is 7.19. The van der Waals surface area contributed by atoms with E-state index in [0.29, 0.717) is 0 Å². The molecule has 5 N–H and O–H groups in total. The van der Waals surface area contributed by atoms with Crippen molar-refractivity contribution in [1.29, 1.82) is 0 Å². The minimum absolute atomic E-state index is 0. The third-order valence-electron chi connectivity index (χ3n) is 1.82. The molecule has 0 aliphatic rings. The predicted molar refractivity (Wildman–Crippen MR) is 67.9 cm³/mol. The standard InChI is InChI=1S/C10H9N.2ClH.H3N/c11-10-7-3-5-8-4-1-2-6-9(8)10;;;/h1-7H,11H2;2*1H;1H3. The first-order valence-electron chi connectivity index (χ1n) is 3.61. The molecule has 0 fully saturated rings. The first-order valence-corrected chi connectivity index (χ1v) is 3.61. The van der Waals surface area contributed by atoms with E-state index in [2.05, 4.69) is 12.1 Å². The zero-order valence-electron chi connectivity index (χ0n) is 7.64. The number of hydrogen-bond acceptors (Lipinski definition) is 2. The number of anilines is 1. The molecule has 0 unspecified atom stereocenters. The highest BCUT2D eigenvalue weighted by atomic mass is 35.5. The fourth-order valence-electron chi connectivity index (χ4n) is 1.25. The zero-order chi connectivity index (χ0) is 7.68.